The van der Waals surface area contributed by atoms with Crippen LogP contribution in [0.5, 0.6) is 11.5 Å². The minimum atomic E-state index is -0.346. The van der Waals surface area contributed by atoms with Crippen LogP contribution in [0.1, 0.15) is 0 Å². The summed E-state index contributed by atoms with van der Waals surface area (Å²) in [6, 6.07) is 0. The number of hydrogen-bond donors (Lipinski definition) is 0. The zero-order chi connectivity index (χ0) is 23.2. The second-order valence-corrected chi connectivity index (χ2v) is 5.68. The van der Waals surface area contributed by atoms with Gasteiger partial charge in [0.2, 0.25) is 0 Å². The summed E-state index contributed by atoms with van der Waals surface area (Å²) in [6.07, 6.45) is 4.58. The summed E-state index contributed by atoms with van der Waals surface area (Å²) >= 11 is 1.51. The van der Waals surface area contributed by atoms with E-state index in [-0.39, 0.29) is 6.10 Å². The summed E-state index contributed by atoms with van der Waals surface area (Å²) in [6.45, 7) is 0.367. The molecular formula is C30H6O2S. The Balaban J connectivity index is 1.72. The van der Waals surface area contributed by atoms with Crippen LogP contribution in [0.15, 0.2) is 10.8 Å². The molecule has 1 aromatic rings. The van der Waals surface area contributed by atoms with E-state index in [1.807, 2.05) is 10.8 Å². The molecule has 144 valence electrons. The third kappa shape index (κ3) is 11.0. The topological polar surface area (TPSA) is 18.5 Å². The third-order valence-electron chi connectivity index (χ3n) is 2.81. The van der Waals surface area contributed by atoms with Crippen molar-refractivity contribution in [3.05, 3.63) is 10.8 Å². The first-order valence-corrected chi connectivity index (χ1v) is 9.66. The molecule has 3 heteroatoms. The van der Waals surface area contributed by atoms with E-state index in [1.54, 1.807) is 0 Å². The Kier molecular flexibility index (Phi) is 11.2. The van der Waals surface area contributed by atoms with E-state index >= 15 is 0 Å². The summed E-state index contributed by atoms with van der Waals surface area (Å²) in [5.41, 5.74) is 0. The van der Waals surface area contributed by atoms with Crippen molar-refractivity contribution in [3.63, 3.8) is 0 Å². The van der Waals surface area contributed by atoms with Crippen molar-refractivity contribution in [1.82, 2.24) is 0 Å². The molecule has 0 fully saturated rings. The number of hydrogen-bond acceptors (Lipinski definition) is 3. The molecule has 1 aliphatic rings. The first kappa shape index (κ1) is 23.3. The van der Waals surface area contributed by atoms with E-state index in [0.717, 1.165) is 5.75 Å². The Bertz CT molecular complexity index is 1660. The van der Waals surface area contributed by atoms with Crippen LogP contribution in [0.3, 0.4) is 0 Å². The number of rotatable bonds is 0. The summed E-state index contributed by atoms with van der Waals surface area (Å²) < 4.78 is 11.2. The van der Waals surface area contributed by atoms with Crippen molar-refractivity contribution in [1.29, 1.82) is 0 Å². The predicted octanol–water partition coefficient (Wildman–Crippen LogP) is 1.56. The summed E-state index contributed by atoms with van der Waals surface area (Å²) in [5, 5.41) is 3.75. The molecule has 33 heavy (non-hydrogen) atoms. The number of thiophene rings is 1. The highest BCUT2D eigenvalue weighted by Gasteiger charge is 2.19. The van der Waals surface area contributed by atoms with E-state index in [1.165, 1.54) is 11.3 Å². The average Bonchev–Trinajstić information content (AvgIpc) is 3.30. The Hall–Kier alpha value is -5.98. The van der Waals surface area contributed by atoms with E-state index in [0.29, 0.717) is 12.4 Å². The van der Waals surface area contributed by atoms with Crippen LogP contribution in [-0.4, -0.2) is 12.7 Å². The van der Waals surface area contributed by atoms with Gasteiger partial charge in [0.1, 0.15) is 6.61 Å². The lowest BCUT2D eigenvalue weighted by Crippen LogP contribution is -2.26. The van der Waals surface area contributed by atoms with Gasteiger partial charge in [-0.05, 0) is 101 Å². The Labute approximate surface area is 198 Å². The quantitative estimate of drug-likeness (QED) is 0.582. The largest absolute Gasteiger partial charge is 0.484 e. The molecule has 0 bridgehead atoms. The molecule has 2 heterocycles. The molecule has 0 amide bonds. The van der Waals surface area contributed by atoms with Crippen LogP contribution in [0.25, 0.3) is 0 Å². The summed E-state index contributed by atoms with van der Waals surface area (Å²) in [7, 11) is 0. The maximum Gasteiger partial charge on any atom is 0.194 e. The molecule has 0 aromatic carbocycles. The molecule has 1 unspecified atom stereocenters. The van der Waals surface area contributed by atoms with Crippen LogP contribution in [0.2, 0.25) is 0 Å². The van der Waals surface area contributed by atoms with Crippen LogP contribution < -0.4 is 9.47 Å². The molecule has 1 atom stereocenters. The van der Waals surface area contributed by atoms with E-state index in [2.05, 4.69) is 136 Å². The molecule has 2 nitrogen and oxygen atoms in total. The second-order valence-electron chi connectivity index (χ2n) is 4.93. The monoisotopic (exact) mass is 430 g/mol. The molecule has 0 spiro atoms. The lowest BCUT2D eigenvalue weighted by molar-refractivity contribution is 0.130. The first-order valence-electron chi connectivity index (χ1n) is 8.72. The third-order valence-corrected chi connectivity index (χ3v) is 3.51. The van der Waals surface area contributed by atoms with E-state index in [4.69, 9.17) is 15.9 Å². The summed E-state index contributed by atoms with van der Waals surface area (Å²) in [5.74, 6) is 59.1. The molecular weight excluding hydrogens is 424 g/mol. The fourth-order valence-corrected chi connectivity index (χ4v) is 2.31. The highest BCUT2D eigenvalue weighted by Crippen LogP contribution is 2.34. The van der Waals surface area contributed by atoms with Crippen LogP contribution in [0.4, 0.5) is 0 Å². The van der Waals surface area contributed by atoms with Gasteiger partial charge in [-0.25, -0.2) is 0 Å². The zero-order valence-electron chi connectivity index (χ0n) is 16.7. The molecule has 0 saturated carbocycles. The van der Waals surface area contributed by atoms with Gasteiger partial charge in [-0.1, -0.05) is 0 Å². The predicted molar refractivity (Wildman–Crippen MR) is 129 cm³/mol. The Morgan fingerprint density at radius 1 is 0.576 bits per heavy atom. The lowest BCUT2D eigenvalue weighted by Gasteiger charge is -2.19. The number of ether oxygens (including phenoxy) is 2. The van der Waals surface area contributed by atoms with Gasteiger partial charge >= 0.3 is 0 Å². The van der Waals surface area contributed by atoms with Gasteiger partial charge in [-0.3, -0.25) is 0 Å². The van der Waals surface area contributed by atoms with Crippen molar-refractivity contribution in [2.24, 2.45) is 0 Å². The molecule has 0 radical (unpaired) electrons. The highest BCUT2D eigenvalue weighted by molar-refractivity contribution is 7.08. The van der Waals surface area contributed by atoms with Crippen LogP contribution >= 0.6 is 11.3 Å². The smallest absolute Gasteiger partial charge is 0.194 e. The van der Waals surface area contributed by atoms with Crippen molar-refractivity contribution in [2.75, 3.05) is 6.61 Å². The summed E-state index contributed by atoms with van der Waals surface area (Å²) in [4.78, 5) is 0. The fourth-order valence-electron chi connectivity index (χ4n) is 1.64. The van der Waals surface area contributed by atoms with E-state index < -0.39 is 0 Å². The van der Waals surface area contributed by atoms with Gasteiger partial charge in [-0.2, -0.15) is 0 Å². The second kappa shape index (κ2) is 15.9. The standard InChI is InChI=1S/C30H6O2S/c1-2-3-4-5-6-7-8-9-10-11-12-13-14-15-16-17-18-19-20-21-22-23-24-28-25-31-29-26-33-27-30(29)32-28/h1,26-28H,25H2. The lowest BCUT2D eigenvalue weighted by atomic mass is 10.3. The normalized spacial score (nSPS) is 9.61. The molecule has 1 aromatic heterocycles. The van der Waals surface area contributed by atoms with Crippen LogP contribution in [-0.2, 0) is 0 Å². The zero-order valence-corrected chi connectivity index (χ0v) is 17.6. The number of fused-ring (bicyclic) bond motifs is 1. The first-order chi connectivity index (χ1) is 16.4. The van der Waals surface area contributed by atoms with Gasteiger partial charge in [0.05, 0.1) is 0 Å². The SMILES string of the molecule is C#CC#CC#CC#CC#CC#CC#CC#CC#CC#CC#CC#CC1COc2cscc2O1. The van der Waals surface area contributed by atoms with Crippen molar-refractivity contribution in [2.45, 2.75) is 6.10 Å². The van der Waals surface area contributed by atoms with E-state index in [9.17, 15) is 0 Å². The highest BCUT2D eigenvalue weighted by atomic mass is 32.1. The van der Waals surface area contributed by atoms with Gasteiger partial charge in [-0.15, -0.1) is 17.8 Å². The van der Waals surface area contributed by atoms with Crippen molar-refractivity contribution in [3.8, 4) is 154 Å². The van der Waals surface area contributed by atoms with Crippen molar-refractivity contribution < 1.29 is 9.47 Å². The van der Waals surface area contributed by atoms with Gasteiger partial charge < -0.3 is 9.47 Å². The Morgan fingerprint density at radius 2 is 0.970 bits per heavy atom. The number of terminal acetylenes is 1. The Morgan fingerprint density at radius 3 is 1.42 bits per heavy atom. The molecule has 0 saturated heterocycles. The maximum atomic E-state index is 5.65. The minimum absolute atomic E-state index is 0.346. The van der Waals surface area contributed by atoms with Gasteiger partial charge in [0, 0.05) is 46.3 Å². The fraction of sp³-hybridized carbons (Fsp3) is 0.0667. The van der Waals surface area contributed by atoms with Crippen molar-refractivity contribution >= 4 is 11.3 Å². The van der Waals surface area contributed by atoms with Crippen LogP contribution in [0, 0.1) is 143 Å². The molecule has 0 aliphatic carbocycles. The molecule has 1 aliphatic heterocycles. The van der Waals surface area contributed by atoms with Gasteiger partial charge in [0.25, 0.3) is 0 Å². The average molecular weight is 430 g/mol. The maximum absolute atomic E-state index is 5.65. The van der Waals surface area contributed by atoms with Gasteiger partial charge in [0.15, 0.2) is 17.6 Å². The minimum Gasteiger partial charge on any atom is -0.484 e. The molecule has 2 rings (SSSR count). The molecule has 0 N–H and O–H groups in total.